The summed E-state index contributed by atoms with van der Waals surface area (Å²) >= 11 is 0. The lowest BCUT2D eigenvalue weighted by atomic mass is 9.88. The Hall–Kier alpha value is -3.26. The number of unbranched alkanes of at least 4 members (excludes halogenated alkanes) is 9. The monoisotopic (exact) mass is 1120 g/mol. The number of ether oxygens (including phenoxy) is 6. The third-order valence-electron chi connectivity index (χ3n) is 14.1. The molecule has 2 saturated heterocycles. The van der Waals surface area contributed by atoms with Gasteiger partial charge in [0.2, 0.25) is 23.6 Å². The predicted octanol–water partition coefficient (Wildman–Crippen LogP) is 2.66. The molecule has 0 unspecified atom stereocenters. The summed E-state index contributed by atoms with van der Waals surface area (Å²) in [4.78, 5) is 74.9. The van der Waals surface area contributed by atoms with E-state index in [0.29, 0.717) is 83.3 Å². The number of amides is 4. The summed E-state index contributed by atoms with van der Waals surface area (Å²) in [6.45, 7) is 11.1. The molecule has 78 heavy (non-hydrogen) atoms. The summed E-state index contributed by atoms with van der Waals surface area (Å²) in [6, 6.07) is 0. The second-order valence-electron chi connectivity index (χ2n) is 22.2. The molecule has 2 fully saturated rings. The van der Waals surface area contributed by atoms with E-state index in [1.54, 1.807) is 13.8 Å². The number of nitrogens with one attached hydrogen (secondary N) is 4. The van der Waals surface area contributed by atoms with Crippen molar-refractivity contribution in [2.45, 2.75) is 219 Å². The Kier molecular flexibility index (Phi) is 37.9. The first-order valence-electron chi connectivity index (χ1n) is 29.0. The maximum Gasteiger partial charge on any atom is 0.222 e. The summed E-state index contributed by atoms with van der Waals surface area (Å²) in [7, 11) is 0. The SMILES string of the molecule is C[C@H]1[C@H](OCCCCC(=O)NCCCNC(=O)CCOCC(COCCC(=O)NCCCNC(=O)CCCCO[C@@H]2O[C@H](CO)[C@H](O)[C@H](O)[C@H]2C)CC(=O)CCCCCCCCCCC(=O)C(C)(C)C)O[C@H](CO)[C@H](O)[C@@H]1O. The molecule has 0 aliphatic carbocycles. The summed E-state index contributed by atoms with van der Waals surface area (Å²) in [6.07, 6.45) is 5.56. The molecule has 10 N–H and O–H groups in total. The highest BCUT2D eigenvalue weighted by molar-refractivity contribution is 5.83. The van der Waals surface area contributed by atoms with E-state index in [1.165, 1.54) is 0 Å². The smallest absolute Gasteiger partial charge is 0.222 e. The van der Waals surface area contributed by atoms with E-state index in [4.69, 9.17) is 28.4 Å². The standard InChI is InChI=1S/C56H102N4O18/c1-39-50(69)52(71)43(35-61)77-54(39)75-30-16-14-22-46(65)57-26-18-28-59-48(67)24-32-73-37-41(34-42(63)20-12-10-8-6-7-9-11-13-21-45(64)56(3,4)5)38-74-33-25-49(68)60-29-19-27-58-47(66)23-15-17-31-76-55-40(2)51(70)53(72)44(36-62)78-55/h39-41,43-44,50-55,61-62,69-72H,6-38H2,1-5H3,(H,57,65)(H,58,66)(H,59,67)(H,60,68)/t39-,40-,43-,44-,50-,51-,52+,53+,54-,55-/m1/s1. The van der Waals surface area contributed by atoms with Gasteiger partial charge >= 0.3 is 0 Å². The minimum Gasteiger partial charge on any atom is -0.394 e. The molecule has 0 bridgehead atoms. The first-order chi connectivity index (χ1) is 37.3. The van der Waals surface area contributed by atoms with E-state index in [2.05, 4.69) is 21.3 Å². The summed E-state index contributed by atoms with van der Waals surface area (Å²) in [5.41, 5.74) is -0.282. The van der Waals surface area contributed by atoms with Gasteiger partial charge in [0.1, 0.15) is 36.0 Å². The number of rotatable bonds is 45. The van der Waals surface area contributed by atoms with Gasteiger partial charge in [-0.15, -0.1) is 0 Å². The van der Waals surface area contributed by atoms with Crippen molar-refractivity contribution in [1.82, 2.24) is 21.3 Å². The molecule has 2 heterocycles. The van der Waals surface area contributed by atoms with Crippen molar-refractivity contribution >= 4 is 35.2 Å². The minimum absolute atomic E-state index is 0.106. The molecule has 10 atom stereocenters. The average molecular weight is 1120 g/mol. The van der Waals surface area contributed by atoms with E-state index >= 15 is 0 Å². The van der Waals surface area contributed by atoms with Crippen molar-refractivity contribution in [3.8, 4) is 0 Å². The topological polar surface area (TPSA) is 327 Å². The Morgan fingerprint density at radius 1 is 0.462 bits per heavy atom. The van der Waals surface area contributed by atoms with Crippen LogP contribution in [0.3, 0.4) is 0 Å². The lowest BCUT2D eigenvalue weighted by Gasteiger charge is -2.40. The van der Waals surface area contributed by atoms with Crippen LogP contribution in [0.1, 0.15) is 169 Å². The molecule has 0 saturated carbocycles. The van der Waals surface area contributed by atoms with E-state index in [9.17, 15) is 59.4 Å². The molecule has 0 aromatic carbocycles. The number of ketones is 2. The van der Waals surface area contributed by atoms with Crippen LogP contribution >= 0.6 is 0 Å². The molecule has 2 aliphatic rings. The van der Waals surface area contributed by atoms with Gasteiger partial charge in [-0.05, 0) is 51.4 Å². The van der Waals surface area contributed by atoms with Gasteiger partial charge in [0, 0.05) is 108 Å². The second-order valence-corrected chi connectivity index (χ2v) is 22.2. The molecule has 0 aromatic rings. The zero-order valence-corrected chi connectivity index (χ0v) is 47.8. The van der Waals surface area contributed by atoms with Gasteiger partial charge in [-0.3, -0.25) is 28.8 Å². The number of aliphatic hydroxyl groups excluding tert-OH is 6. The normalized spacial score (nSPS) is 23.5. The zero-order valence-electron chi connectivity index (χ0n) is 47.8. The lowest BCUT2D eigenvalue weighted by molar-refractivity contribution is -0.282. The van der Waals surface area contributed by atoms with Crippen molar-refractivity contribution in [1.29, 1.82) is 0 Å². The Labute approximate surface area is 463 Å². The van der Waals surface area contributed by atoms with Gasteiger partial charge in [-0.2, -0.15) is 0 Å². The zero-order chi connectivity index (χ0) is 57.7. The Morgan fingerprint density at radius 3 is 1.21 bits per heavy atom. The summed E-state index contributed by atoms with van der Waals surface area (Å²) < 4.78 is 34.2. The highest BCUT2D eigenvalue weighted by Crippen LogP contribution is 2.28. The lowest BCUT2D eigenvalue weighted by Crippen LogP contribution is -2.55. The molecule has 0 aromatic heterocycles. The minimum atomic E-state index is -1.19. The quantitative estimate of drug-likeness (QED) is 0.0392. The predicted molar refractivity (Wildman–Crippen MR) is 289 cm³/mol. The van der Waals surface area contributed by atoms with E-state index < -0.39 is 74.3 Å². The highest BCUT2D eigenvalue weighted by Gasteiger charge is 2.43. The van der Waals surface area contributed by atoms with Crippen molar-refractivity contribution in [2.75, 3.05) is 79.0 Å². The van der Waals surface area contributed by atoms with E-state index in [-0.39, 0.29) is 112 Å². The van der Waals surface area contributed by atoms with E-state index in [0.717, 1.165) is 51.4 Å². The third-order valence-corrected chi connectivity index (χ3v) is 14.1. The van der Waals surface area contributed by atoms with Crippen LogP contribution in [0.15, 0.2) is 0 Å². The fraction of sp³-hybridized carbons (Fsp3) is 0.893. The van der Waals surface area contributed by atoms with Gasteiger partial charge in [0.05, 0.1) is 51.8 Å². The van der Waals surface area contributed by atoms with Crippen molar-refractivity contribution in [2.24, 2.45) is 23.2 Å². The van der Waals surface area contributed by atoms with Crippen LogP contribution in [-0.4, -0.2) is 194 Å². The largest absolute Gasteiger partial charge is 0.394 e. The van der Waals surface area contributed by atoms with Crippen LogP contribution in [0.5, 0.6) is 0 Å². The van der Waals surface area contributed by atoms with Gasteiger partial charge in [-0.1, -0.05) is 73.1 Å². The molecule has 454 valence electrons. The fourth-order valence-corrected chi connectivity index (χ4v) is 8.90. The van der Waals surface area contributed by atoms with Crippen LogP contribution in [0.25, 0.3) is 0 Å². The molecule has 0 spiro atoms. The molecule has 2 rings (SSSR count). The van der Waals surface area contributed by atoms with E-state index in [1.807, 2.05) is 20.8 Å². The van der Waals surface area contributed by atoms with Gasteiger partial charge in [-0.25, -0.2) is 0 Å². The Morgan fingerprint density at radius 2 is 0.821 bits per heavy atom. The second kappa shape index (κ2) is 41.7. The van der Waals surface area contributed by atoms with Crippen LogP contribution in [0, 0.1) is 23.2 Å². The van der Waals surface area contributed by atoms with Crippen molar-refractivity contribution in [3.63, 3.8) is 0 Å². The molecule has 22 heteroatoms. The van der Waals surface area contributed by atoms with Crippen molar-refractivity contribution in [3.05, 3.63) is 0 Å². The van der Waals surface area contributed by atoms with Crippen LogP contribution in [0.2, 0.25) is 0 Å². The highest BCUT2D eigenvalue weighted by atomic mass is 16.7. The first kappa shape index (κ1) is 70.8. The molecule has 4 amide bonds. The fourth-order valence-electron chi connectivity index (χ4n) is 8.90. The molecule has 0 radical (unpaired) electrons. The average Bonchev–Trinajstić information content (AvgIpc) is 3.40. The van der Waals surface area contributed by atoms with Crippen LogP contribution in [-0.2, 0) is 57.2 Å². The molecular formula is C56H102N4O18. The number of carbonyl (C=O) groups is 6. The molecule has 22 nitrogen and oxygen atoms in total. The Bertz CT molecular complexity index is 1580. The third kappa shape index (κ3) is 31.1. The van der Waals surface area contributed by atoms with Gasteiger partial charge in [0.25, 0.3) is 0 Å². The summed E-state index contributed by atoms with van der Waals surface area (Å²) in [5.74, 6) is -1.49. The summed E-state index contributed by atoms with van der Waals surface area (Å²) in [5, 5.41) is 70.4. The first-order valence-corrected chi connectivity index (χ1v) is 29.0. The number of carbonyl (C=O) groups excluding carboxylic acids is 6. The maximum absolute atomic E-state index is 13.1. The van der Waals surface area contributed by atoms with Crippen molar-refractivity contribution < 1.29 is 87.8 Å². The van der Waals surface area contributed by atoms with Crippen LogP contribution in [0.4, 0.5) is 0 Å². The van der Waals surface area contributed by atoms with Crippen LogP contribution < -0.4 is 21.3 Å². The number of hydrogen-bond donors (Lipinski definition) is 10. The Balaban J connectivity index is 1.62. The molecule has 2 aliphatic heterocycles. The molecular weight excluding hydrogens is 1020 g/mol. The van der Waals surface area contributed by atoms with Gasteiger partial charge in [0.15, 0.2) is 12.6 Å². The number of aliphatic hydroxyl groups is 6. The number of Topliss-reactive ketones (excluding diaryl/α,β-unsaturated/α-hetero) is 2. The van der Waals surface area contributed by atoms with Gasteiger partial charge < -0.3 is 80.3 Å². The number of hydrogen-bond acceptors (Lipinski definition) is 18. The maximum atomic E-state index is 13.1.